The molecule has 2 aliphatic rings. The van der Waals surface area contributed by atoms with Gasteiger partial charge in [-0.25, -0.2) is 22.5 Å². The number of aromatic hydroxyl groups is 1. The summed E-state index contributed by atoms with van der Waals surface area (Å²) in [4.78, 5) is 8.87. The molecule has 0 fully saturated rings. The number of halogens is 4. The molecule has 0 saturated carbocycles. The lowest BCUT2D eigenvalue weighted by Gasteiger charge is -2.10. The summed E-state index contributed by atoms with van der Waals surface area (Å²) in [6.07, 6.45) is 0.0539. The summed E-state index contributed by atoms with van der Waals surface area (Å²) in [6.45, 7) is 0. The van der Waals surface area contributed by atoms with E-state index in [1.54, 1.807) is 48.5 Å². The standard InChI is InChI=1S/C25H14F4N2O2S/c26-19-14-10-16-24(18(14)20(27)22(29)21(19)28)31-25(34-16)12-4-1-5-13(9-12)33-17-8-7-11-3-2-6-15(32)23(11)30-17/h1-9,16,24,32H,10H2/t16-,24-/m1/s1. The number of aromatic nitrogens is 1. The van der Waals surface area contributed by atoms with E-state index >= 15 is 0 Å². The molecule has 170 valence electrons. The van der Waals surface area contributed by atoms with Gasteiger partial charge in [-0.2, -0.15) is 0 Å². The van der Waals surface area contributed by atoms with E-state index in [9.17, 15) is 22.7 Å². The fourth-order valence-corrected chi connectivity index (χ4v) is 5.68. The molecule has 2 atom stereocenters. The Kier molecular flexibility index (Phi) is 4.77. The molecule has 0 unspecified atom stereocenters. The van der Waals surface area contributed by atoms with Crippen LogP contribution in [0.5, 0.6) is 17.4 Å². The zero-order chi connectivity index (χ0) is 23.6. The Labute approximate surface area is 194 Å². The van der Waals surface area contributed by atoms with Gasteiger partial charge in [-0.1, -0.05) is 36.0 Å². The van der Waals surface area contributed by atoms with Crippen molar-refractivity contribution in [3.63, 3.8) is 0 Å². The molecule has 0 amide bonds. The minimum atomic E-state index is -1.81. The number of rotatable bonds is 3. The van der Waals surface area contributed by atoms with Crippen LogP contribution in [0.3, 0.4) is 0 Å². The van der Waals surface area contributed by atoms with Gasteiger partial charge in [0.05, 0.1) is 11.1 Å². The molecule has 1 N–H and O–H groups in total. The molecule has 4 aromatic rings. The summed E-state index contributed by atoms with van der Waals surface area (Å²) in [5.41, 5.74) is 0.739. The molecule has 0 saturated heterocycles. The first-order valence-corrected chi connectivity index (χ1v) is 11.2. The van der Waals surface area contributed by atoms with E-state index < -0.39 is 29.3 Å². The molecule has 0 spiro atoms. The zero-order valence-electron chi connectivity index (χ0n) is 17.2. The van der Waals surface area contributed by atoms with Crippen LogP contribution in [0.25, 0.3) is 10.9 Å². The summed E-state index contributed by atoms with van der Waals surface area (Å²) in [5, 5.41) is 11.0. The van der Waals surface area contributed by atoms with Crippen molar-refractivity contribution in [3.05, 3.63) is 94.6 Å². The highest BCUT2D eigenvalue weighted by atomic mass is 32.2. The van der Waals surface area contributed by atoms with Gasteiger partial charge in [0.2, 0.25) is 5.88 Å². The van der Waals surface area contributed by atoms with E-state index in [1.807, 2.05) is 6.07 Å². The summed E-state index contributed by atoms with van der Waals surface area (Å²) in [5.74, 6) is -5.53. The number of hydrogen-bond acceptors (Lipinski definition) is 5. The first kappa shape index (κ1) is 21.0. The number of para-hydroxylation sites is 1. The Balaban J connectivity index is 1.31. The number of benzene rings is 3. The molecule has 6 rings (SSSR count). The third kappa shape index (κ3) is 3.22. The number of thioether (sulfide) groups is 1. The van der Waals surface area contributed by atoms with Crippen molar-refractivity contribution >= 4 is 27.7 Å². The van der Waals surface area contributed by atoms with E-state index in [-0.39, 0.29) is 34.4 Å². The Bertz CT molecular complexity index is 1530. The molecule has 9 heteroatoms. The van der Waals surface area contributed by atoms with E-state index in [0.717, 1.165) is 5.39 Å². The highest BCUT2D eigenvalue weighted by Crippen LogP contribution is 2.50. The quantitative estimate of drug-likeness (QED) is 0.207. The van der Waals surface area contributed by atoms with Gasteiger partial charge in [0.15, 0.2) is 23.3 Å². The van der Waals surface area contributed by atoms with Gasteiger partial charge in [0.1, 0.15) is 17.0 Å². The Morgan fingerprint density at radius 1 is 0.912 bits per heavy atom. The van der Waals surface area contributed by atoms with Crippen LogP contribution in [0.15, 0.2) is 59.6 Å². The van der Waals surface area contributed by atoms with E-state index in [0.29, 0.717) is 21.9 Å². The molecular weight excluding hydrogens is 468 g/mol. The topological polar surface area (TPSA) is 54.7 Å². The van der Waals surface area contributed by atoms with Gasteiger partial charge in [-0.05, 0) is 30.7 Å². The van der Waals surface area contributed by atoms with Crippen LogP contribution in [0.1, 0.15) is 22.7 Å². The van der Waals surface area contributed by atoms with Crippen molar-refractivity contribution in [1.29, 1.82) is 0 Å². The molecule has 1 aliphatic heterocycles. The molecule has 2 heterocycles. The van der Waals surface area contributed by atoms with Crippen LogP contribution in [-0.4, -0.2) is 20.4 Å². The second-order valence-corrected chi connectivity index (χ2v) is 9.24. The van der Waals surface area contributed by atoms with Crippen molar-refractivity contribution in [1.82, 2.24) is 4.98 Å². The highest BCUT2D eigenvalue weighted by Gasteiger charge is 2.44. The normalized spacial score (nSPS) is 18.6. The first-order chi connectivity index (χ1) is 16.4. The number of phenols is 1. The van der Waals surface area contributed by atoms with Crippen LogP contribution in [-0.2, 0) is 6.42 Å². The van der Waals surface area contributed by atoms with Gasteiger partial charge in [-0.3, -0.25) is 4.99 Å². The third-order valence-corrected chi connectivity index (χ3v) is 7.25. The summed E-state index contributed by atoms with van der Waals surface area (Å²) in [7, 11) is 0. The minimum absolute atomic E-state index is 0.0419. The molecule has 1 aromatic heterocycles. The minimum Gasteiger partial charge on any atom is -0.506 e. The predicted molar refractivity (Wildman–Crippen MR) is 121 cm³/mol. The maximum atomic E-state index is 14.5. The van der Waals surface area contributed by atoms with Gasteiger partial charge < -0.3 is 9.84 Å². The van der Waals surface area contributed by atoms with Gasteiger partial charge in [-0.15, -0.1) is 0 Å². The number of ether oxygens (including phenoxy) is 1. The SMILES string of the molecule is Oc1cccc2ccc(Oc3cccc(C4=N[C@H]5c6c(F)c(F)c(F)c(F)c6C[C@H]5S4)c3)nc12. The number of hydrogen-bond donors (Lipinski definition) is 1. The van der Waals surface area contributed by atoms with Crippen molar-refractivity contribution in [2.24, 2.45) is 4.99 Å². The molecule has 0 bridgehead atoms. The fraction of sp³-hybridized carbons (Fsp3) is 0.120. The monoisotopic (exact) mass is 482 g/mol. The van der Waals surface area contributed by atoms with E-state index in [1.165, 1.54) is 11.8 Å². The largest absolute Gasteiger partial charge is 0.506 e. The van der Waals surface area contributed by atoms with Crippen LogP contribution in [0.2, 0.25) is 0 Å². The van der Waals surface area contributed by atoms with Crippen LogP contribution < -0.4 is 4.74 Å². The Morgan fingerprint density at radius 3 is 2.56 bits per heavy atom. The third-order valence-electron chi connectivity index (χ3n) is 5.95. The van der Waals surface area contributed by atoms with Gasteiger partial charge >= 0.3 is 0 Å². The molecule has 0 radical (unpaired) electrons. The van der Waals surface area contributed by atoms with Crippen molar-refractivity contribution in [2.45, 2.75) is 17.7 Å². The highest BCUT2D eigenvalue weighted by molar-refractivity contribution is 8.15. The van der Waals surface area contributed by atoms with Crippen molar-refractivity contribution < 1.29 is 27.4 Å². The summed E-state index contributed by atoms with van der Waals surface area (Å²) >= 11 is 1.31. The van der Waals surface area contributed by atoms with Crippen LogP contribution >= 0.6 is 11.8 Å². The molecule has 3 aromatic carbocycles. The number of nitrogens with zero attached hydrogens (tertiary/aromatic N) is 2. The number of pyridine rings is 1. The van der Waals surface area contributed by atoms with E-state index in [4.69, 9.17) is 4.74 Å². The molecule has 4 nitrogen and oxygen atoms in total. The molecular formula is C25H14F4N2O2S. The molecule has 1 aliphatic carbocycles. The van der Waals surface area contributed by atoms with Gasteiger partial charge in [0, 0.05) is 33.4 Å². The number of fused-ring (bicyclic) bond motifs is 4. The van der Waals surface area contributed by atoms with Gasteiger partial charge in [0.25, 0.3) is 0 Å². The van der Waals surface area contributed by atoms with E-state index in [2.05, 4.69) is 9.98 Å². The second-order valence-electron chi connectivity index (χ2n) is 8.02. The lowest BCUT2D eigenvalue weighted by Crippen LogP contribution is -2.05. The second kappa shape index (κ2) is 7.73. The molecule has 34 heavy (non-hydrogen) atoms. The average molecular weight is 482 g/mol. The van der Waals surface area contributed by atoms with Crippen LogP contribution in [0.4, 0.5) is 17.6 Å². The zero-order valence-corrected chi connectivity index (χ0v) is 18.0. The van der Waals surface area contributed by atoms with Crippen molar-refractivity contribution in [3.8, 4) is 17.4 Å². The average Bonchev–Trinajstić information content (AvgIpc) is 3.41. The summed E-state index contributed by atoms with van der Waals surface area (Å²) < 4.78 is 62.0. The Hall–Kier alpha value is -3.59. The maximum Gasteiger partial charge on any atom is 0.219 e. The smallest absolute Gasteiger partial charge is 0.219 e. The number of phenolic OH excluding ortho intramolecular Hbond substituents is 1. The fourth-order valence-electron chi connectivity index (χ4n) is 4.38. The summed E-state index contributed by atoms with van der Waals surface area (Å²) in [6, 6.07) is 14.8. The lowest BCUT2D eigenvalue weighted by atomic mass is 10.1. The van der Waals surface area contributed by atoms with Crippen LogP contribution in [0, 0.1) is 23.3 Å². The lowest BCUT2D eigenvalue weighted by molar-refractivity contribution is 0.401. The number of aliphatic imine (C=N–C) groups is 1. The maximum absolute atomic E-state index is 14.5. The Morgan fingerprint density at radius 2 is 1.71 bits per heavy atom. The first-order valence-electron chi connectivity index (χ1n) is 10.4. The predicted octanol–water partition coefficient (Wildman–Crippen LogP) is 6.45. The van der Waals surface area contributed by atoms with Crippen molar-refractivity contribution in [2.75, 3.05) is 0 Å².